The van der Waals surface area contributed by atoms with E-state index in [1.807, 2.05) is 0 Å². The van der Waals surface area contributed by atoms with Crippen molar-refractivity contribution in [3.05, 3.63) is 11.2 Å². The van der Waals surface area contributed by atoms with E-state index >= 15 is 0 Å². The van der Waals surface area contributed by atoms with E-state index in [0.29, 0.717) is 6.54 Å². The molecule has 13 heavy (non-hydrogen) atoms. The minimum atomic E-state index is 0.454. The van der Waals surface area contributed by atoms with Crippen LogP contribution >= 0.6 is 11.3 Å². The third-order valence-corrected chi connectivity index (χ3v) is 2.58. The van der Waals surface area contributed by atoms with Crippen molar-refractivity contribution in [2.75, 3.05) is 0 Å². The molecule has 0 saturated carbocycles. The summed E-state index contributed by atoms with van der Waals surface area (Å²) in [5, 5.41) is 12.0. The van der Waals surface area contributed by atoms with Crippen LogP contribution in [0.1, 0.15) is 5.01 Å². The van der Waals surface area contributed by atoms with Crippen molar-refractivity contribution in [3.8, 4) is 10.7 Å². The van der Waals surface area contributed by atoms with Crippen LogP contribution in [0.3, 0.4) is 0 Å². The number of nitrogens with zero attached hydrogens (tertiary/aromatic N) is 5. The molecular formula is C6H8N6S. The molecule has 0 saturated heterocycles. The Labute approximate surface area is 78.4 Å². The van der Waals surface area contributed by atoms with Gasteiger partial charge in [-0.2, -0.15) is 0 Å². The Bertz CT molecular complexity index is 405. The Morgan fingerprint density at radius 2 is 2.46 bits per heavy atom. The molecule has 2 rings (SSSR count). The summed E-state index contributed by atoms with van der Waals surface area (Å²) in [6.07, 6.45) is 1.73. The maximum absolute atomic E-state index is 5.44. The molecule has 0 unspecified atom stereocenters. The Morgan fingerprint density at radius 3 is 3.00 bits per heavy atom. The predicted octanol–water partition coefficient (Wildman–Crippen LogP) is -0.208. The number of hydrogen-bond acceptors (Lipinski definition) is 6. The normalized spacial score (nSPS) is 10.6. The first-order valence-electron chi connectivity index (χ1n) is 3.68. The van der Waals surface area contributed by atoms with Gasteiger partial charge in [0, 0.05) is 19.8 Å². The molecule has 0 bridgehead atoms. The van der Waals surface area contributed by atoms with Crippen LogP contribution < -0.4 is 5.73 Å². The van der Waals surface area contributed by atoms with Gasteiger partial charge in [0.15, 0.2) is 5.82 Å². The standard InChI is InChI=1S/C6H8N6S/c1-12-6(9-10-11-12)4-3-8-5(2-7)13-4/h3H,2,7H2,1H3. The molecule has 68 valence electrons. The lowest BCUT2D eigenvalue weighted by Crippen LogP contribution is -1.93. The number of aryl methyl sites for hydroxylation is 1. The summed E-state index contributed by atoms with van der Waals surface area (Å²) in [5.41, 5.74) is 5.44. The highest BCUT2D eigenvalue weighted by Crippen LogP contribution is 2.22. The fraction of sp³-hybridized carbons (Fsp3) is 0.333. The first kappa shape index (κ1) is 8.27. The van der Waals surface area contributed by atoms with Crippen molar-refractivity contribution in [2.24, 2.45) is 12.8 Å². The van der Waals surface area contributed by atoms with Crippen molar-refractivity contribution in [1.82, 2.24) is 25.2 Å². The van der Waals surface area contributed by atoms with Gasteiger partial charge in [0.25, 0.3) is 0 Å². The molecule has 0 atom stereocenters. The summed E-state index contributed by atoms with van der Waals surface area (Å²) < 4.78 is 1.60. The molecule has 0 spiro atoms. The smallest absolute Gasteiger partial charge is 0.193 e. The van der Waals surface area contributed by atoms with Gasteiger partial charge >= 0.3 is 0 Å². The van der Waals surface area contributed by atoms with Crippen molar-refractivity contribution >= 4 is 11.3 Å². The van der Waals surface area contributed by atoms with Crippen LogP contribution in [-0.4, -0.2) is 25.2 Å². The number of nitrogens with two attached hydrogens (primary N) is 1. The molecule has 0 aliphatic rings. The second kappa shape index (κ2) is 3.19. The topological polar surface area (TPSA) is 82.5 Å². The minimum Gasteiger partial charge on any atom is -0.325 e. The van der Waals surface area contributed by atoms with Crippen molar-refractivity contribution in [1.29, 1.82) is 0 Å². The highest BCUT2D eigenvalue weighted by Gasteiger charge is 2.08. The second-order valence-corrected chi connectivity index (χ2v) is 3.56. The van der Waals surface area contributed by atoms with Crippen LogP contribution in [0.5, 0.6) is 0 Å². The molecule has 2 aromatic heterocycles. The summed E-state index contributed by atoms with van der Waals surface area (Å²) in [5.74, 6) is 0.720. The molecule has 6 nitrogen and oxygen atoms in total. The number of aromatic nitrogens is 5. The summed E-state index contributed by atoms with van der Waals surface area (Å²) in [4.78, 5) is 5.05. The molecule has 0 amide bonds. The van der Waals surface area contributed by atoms with Gasteiger partial charge in [-0.3, -0.25) is 0 Å². The van der Waals surface area contributed by atoms with E-state index in [1.165, 1.54) is 11.3 Å². The Balaban J connectivity index is 2.41. The third-order valence-electron chi connectivity index (χ3n) is 1.57. The molecule has 0 aliphatic carbocycles. The molecule has 0 fully saturated rings. The zero-order valence-electron chi connectivity index (χ0n) is 7.01. The van der Waals surface area contributed by atoms with Gasteiger partial charge in [-0.15, -0.1) is 16.4 Å². The molecule has 2 aromatic rings. The first-order chi connectivity index (χ1) is 6.31. The van der Waals surface area contributed by atoms with Crippen molar-refractivity contribution < 1.29 is 0 Å². The maximum Gasteiger partial charge on any atom is 0.193 e. The minimum absolute atomic E-state index is 0.454. The van der Waals surface area contributed by atoms with Crippen molar-refractivity contribution in [3.63, 3.8) is 0 Å². The number of thiazole rings is 1. The predicted molar refractivity (Wildman–Crippen MR) is 47.8 cm³/mol. The number of rotatable bonds is 2. The number of tetrazole rings is 1. The second-order valence-electron chi connectivity index (χ2n) is 2.45. The average molecular weight is 196 g/mol. The van der Waals surface area contributed by atoms with E-state index in [0.717, 1.165) is 15.7 Å². The lowest BCUT2D eigenvalue weighted by Gasteiger charge is -1.90. The third kappa shape index (κ3) is 1.43. The lowest BCUT2D eigenvalue weighted by atomic mass is 10.5. The summed E-state index contributed by atoms with van der Waals surface area (Å²) >= 11 is 1.51. The maximum atomic E-state index is 5.44. The SMILES string of the molecule is Cn1nnnc1-c1cnc(CN)s1. The highest BCUT2D eigenvalue weighted by atomic mass is 32.1. The van der Waals surface area contributed by atoms with Gasteiger partial charge in [0.2, 0.25) is 0 Å². The first-order valence-corrected chi connectivity index (χ1v) is 4.50. The Hall–Kier alpha value is -1.34. The van der Waals surface area contributed by atoms with Gasteiger partial charge in [0.1, 0.15) is 5.01 Å². The molecule has 2 N–H and O–H groups in total. The Morgan fingerprint density at radius 1 is 1.62 bits per heavy atom. The summed E-state index contributed by atoms with van der Waals surface area (Å²) in [7, 11) is 1.79. The van der Waals surface area contributed by atoms with Crippen LogP contribution in [0.15, 0.2) is 6.20 Å². The summed E-state index contributed by atoms with van der Waals surface area (Å²) in [6.45, 7) is 0.454. The highest BCUT2D eigenvalue weighted by molar-refractivity contribution is 7.15. The average Bonchev–Trinajstić information content (AvgIpc) is 2.71. The molecular weight excluding hydrogens is 188 g/mol. The quantitative estimate of drug-likeness (QED) is 0.718. The van der Waals surface area contributed by atoms with Gasteiger partial charge < -0.3 is 5.73 Å². The zero-order valence-corrected chi connectivity index (χ0v) is 7.82. The van der Waals surface area contributed by atoms with Crippen LogP contribution in [0, 0.1) is 0 Å². The monoisotopic (exact) mass is 196 g/mol. The largest absolute Gasteiger partial charge is 0.325 e. The molecule has 7 heteroatoms. The zero-order chi connectivity index (χ0) is 9.26. The lowest BCUT2D eigenvalue weighted by molar-refractivity contribution is 0.715. The van der Waals surface area contributed by atoms with E-state index in [4.69, 9.17) is 5.73 Å². The summed E-state index contributed by atoms with van der Waals surface area (Å²) in [6, 6.07) is 0. The molecule has 0 aromatic carbocycles. The van der Waals surface area contributed by atoms with E-state index in [9.17, 15) is 0 Å². The number of hydrogen-bond donors (Lipinski definition) is 1. The van der Waals surface area contributed by atoms with Crippen molar-refractivity contribution in [2.45, 2.75) is 6.54 Å². The van der Waals surface area contributed by atoms with E-state index < -0.39 is 0 Å². The van der Waals surface area contributed by atoms with Gasteiger partial charge in [-0.25, -0.2) is 9.67 Å². The van der Waals surface area contributed by atoms with Crippen LogP contribution in [0.25, 0.3) is 10.7 Å². The van der Waals surface area contributed by atoms with Gasteiger partial charge in [-0.05, 0) is 10.4 Å². The van der Waals surface area contributed by atoms with E-state index in [2.05, 4.69) is 20.5 Å². The molecule has 0 radical (unpaired) electrons. The van der Waals surface area contributed by atoms with Gasteiger partial charge in [0.05, 0.1) is 4.88 Å². The van der Waals surface area contributed by atoms with Crippen LogP contribution in [-0.2, 0) is 13.6 Å². The molecule has 2 heterocycles. The fourth-order valence-electron chi connectivity index (χ4n) is 0.946. The van der Waals surface area contributed by atoms with Gasteiger partial charge in [-0.1, -0.05) is 0 Å². The Kier molecular flexibility index (Phi) is 2.03. The van der Waals surface area contributed by atoms with Crippen LogP contribution in [0.2, 0.25) is 0 Å². The fourth-order valence-corrected chi connectivity index (χ4v) is 1.76. The van der Waals surface area contributed by atoms with E-state index in [-0.39, 0.29) is 0 Å². The van der Waals surface area contributed by atoms with E-state index in [1.54, 1.807) is 17.9 Å². The molecule has 0 aliphatic heterocycles. The van der Waals surface area contributed by atoms with Crippen LogP contribution in [0.4, 0.5) is 0 Å².